The van der Waals surface area contributed by atoms with Crippen molar-refractivity contribution in [2.45, 2.75) is 18.8 Å². The van der Waals surface area contributed by atoms with E-state index in [9.17, 15) is 0 Å². The number of fused-ring (bicyclic) bond motifs is 1. The van der Waals surface area contributed by atoms with Gasteiger partial charge >= 0.3 is 0 Å². The summed E-state index contributed by atoms with van der Waals surface area (Å²) < 4.78 is 16.2. The Hall–Kier alpha value is -3.02. The van der Waals surface area contributed by atoms with Crippen molar-refractivity contribution in [3.05, 3.63) is 48.3 Å². The van der Waals surface area contributed by atoms with Crippen LogP contribution in [-0.2, 0) is 0 Å². The van der Waals surface area contributed by atoms with Gasteiger partial charge in [0.15, 0.2) is 11.5 Å². The van der Waals surface area contributed by atoms with Gasteiger partial charge in [-0.05, 0) is 36.6 Å². The average molecular weight is 379 g/mol. The highest BCUT2D eigenvalue weighted by Gasteiger charge is 2.24. The van der Waals surface area contributed by atoms with Crippen molar-refractivity contribution in [2.24, 2.45) is 0 Å². The zero-order valence-electron chi connectivity index (χ0n) is 16.5. The van der Waals surface area contributed by atoms with Gasteiger partial charge in [-0.25, -0.2) is 9.97 Å². The fourth-order valence-corrected chi connectivity index (χ4v) is 3.94. The molecule has 3 aromatic rings. The van der Waals surface area contributed by atoms with Crippen molar-refractivity contribution < 1.29 is 14.2 Å². The summed E-state index contributed by atoms with van der Waals surface area (Å²) in [5.41, 5.74) is 2.19. The molecule has 1 unspecified atom stereocenters. The minimum absolute atomic E-state index is 0.463. The lowest BCUT2D eigenvalue weighted by atomic mass is 9.90. The number of anilines is 1. The van der Waals surface area contributed by atoms with Crippen LogP contribution in [-0.4, -0.2) is 44.4 Å². The molecule has 0 spiro atoms. The maximum atomic E-state index is 5.49. The van der Waals surface area contributed by atoms with Crippen molar-refractivity contribution in [3.8, 4) is 17.2 Å². The van der Waals surface area contributed by atoms with Crippen molar-refractivity contribution in [1.82, 2.24) is 9.97 Å². The van der Waals surface area contributed by atoms with Gasteiger partial charge in [-0.1, -0.05) is 12.1 Å². The van der Waals surface area contributed by atoms with Gasteiger partial charge < -0.3 is 19.1 Å². The van der Waals surface area contributed by atoms with E-state index in [1.807, 2.05) is 24.3 Å². The molecule has 0 radical (unpaired) electrons. The zero-order valence-corrected chi connectivity index (χ0v) is 16.5. The monoisotopic (exact) mass is 379 g/mol. The molecule has 1 saturated heterocycles. The second-order valence-corrected chi connectivity index (χ2v) is 6.98. The predicted octanol–water partition coefficient (Wildman–Crippen LogP) is 4.04. The first kappa shape index (κ1) is 18.3. The maximum absolute atomic E-state index is 5.49. The van der Waals surface area contributed by atoms with Crippen LogP contribution < -0.4 is 19.1 Å². The predicted molar refractivity (Wildman–Crippen MR) is 110 cm³/mol. The Bertz CT molecular complexity index is 959. The van der Waals surface area contributed by atoms with Crippen LogP contribution in [0.5, 0.6) is 17.2 Å². The van der Waals surface area contributed by atoms with Gasteiger partial charge in [0.1, 0.15) is 17.9 Å². The smallest absolute Gasteiger partial charge is 0.162 e. The third-order valence-electron chi connectivity index (χ3n) is 5.43. The Kier molecular flexibility index (Phi) is 5.19. The van der Waals surface area contributed by atoms with E-state index < -0.39 is 0 Å². The van der Waals surface area contributed by atoms with E-state index in [0.29, 0.717) is 17.4 Å². The van der Waals surface area contributed by atoms with E-state index in [0.717, 1.165) is 42.0 Å². The third kappa shape index (κ3) is 3.42. The summed E-state index contributed by atoms with van der Waals surface area (Å²) >= 11 is 0. The molecule has 2 aromatic carbocycles. The number of ether oxygens (including phenoxy) is 3. The Morgan fingerprint density at radius 1 is 0.929 bits per heavy atom. The lowest BCUT2D eigenvalue weighted by molar-refractivity contribution is 0.355. The number of rotatable bonds is 5. The molecule has 0 saturated carbocycles. The van der Waals surface area contributed by atoms with E-state index in [1.54, 1.807) is 27.7 Å². The van der Waals surface area contributed by atoms with E-state index in [4.69, 9.17) is 14.2 Å². The van der Waals surface area contributed by atoms with Crippen molar-refractivity contribution >= 4 is 16.7 Å². The first-order chi connectivity index (χ1) is 13.7. The molecule has 4 rings (SSSR count). The second kappa shape index (κ2) is 7.92. The molecule has 6 heteroatoms. The first-order valence-electron chi connectivity index (χ1n) is 9.49. The van der Waals surface area contributed by atoms with Gasteiger partial charge in [0.25, 0.3) is 0 Å². The molecule has 0 N–H and O–H groups in total. The number of hydrogen-bond donors (Lipinski definition) is 0. The topological polar surface area (TPSA) is 56.7 Å². The van der Waals surface area contributed by atoms with Gasteiger partial charge in [-0.3, -0.25) is 0 Å². The molecule has 2 heterocycles. The Morgan fingerprint density at radius 3 is 2.39 bits per heavy atom. The Balaban J connectivity index is 1.66. The summed E-state index contributed by atoms with van der Waals surface area (Å²) in [4.78, 5) is 11.4. The molecule has 1 atom stereocenters. The fraction of sp³-hybridized carbons (Fsp3) is 0.364. The zero-order chi connectivity index (χ0) is 19.5. The number of piperidine rings is 1. The van der Waals surface area contributed by atoms with Gasteiger partial charge in [0.2, 0.25) is 0 Å². The van der Waals surface area contributed by atoms with Gasteiger partial charge in [0.05, 0.1) is 26.8 Å². The van der Waals surface area contributed by atoms with Gasteiger partial charge in [-0.2, -0.15) is 0 Å². The number of hydrogen-bond acceptors (Lipinski definition) is 6. The van der Waals surface area contributed by atoms with Crippen LogP contribution in [0.4, 0.5) is 5.82 Å². The first-order valence-corrected chi connectivity index (χ1v) is 9.49. The van der Waals surface area contributed by atoms with Crippen LogP contribution in [0.15, 0.2) is 42.7 Å². The largest absolute Gasteiger partial charge is 0.497 e. The molecule has 1 aliphatic rings. The molecule has 0 aliphatic carbocycles. The van der Waals surface area contributed by atoms with Crippen LogP contribution in [0, 0.1) is 0 Å². The van der Waals surface area contributed by atoms with Crippen LogP contribution in [0.2, 0.25) is 0 Å². The van der Waals surface area contributed by atoms with Gasteiger partial charge in [-0.15, -0.1) is 0 Å². The highest BCUT2D eigenvalue weighted by atomic mass is 16.5. The summed E-state index contributed by atoms with van der Waals surface area (Å²) in [6.07, 6.45) is 3.92. The number of methoxy groups -OCH3 is 3. The summed E-state index contributed by atoms with van der Waals surface area (Å²) in [7, 11) is 4.98. The van der Waals surface area contributed by atoms with E-state index >= 15 is 0 Å². The summed E-state index contributed by atoms with van der Waals surface area (Å²) in [5.74, 6) is 3.66. The highest BCUT2D eigenvalue weighted by Crippen LogP contribution is 2.37. The van der Waals surface area contributed by atoms with Crippen molar-refractivity contribution in [1.29, 1.82) is 0 Å². The maximum Gasteiger partial charge on any atom is 0.162 e. The average Bonchev–Trinajstić information content (AvgIpc) is 2.77. The van der Waals surface area contributed by atoms with Crippen LogP contribution in [0.25, 0.3) is 10.9 Å². The van der Waals surface area contributed by atoms with Crippen LogP contribution in [0.1, 0.15) is 24.3 Å². The molecule has 0 amide bonds. The van der Waals surface area contributed by atoms with E-state index in [1.165, 1.54) is 12.0 Å². The SMILES string of the molecule is COc1ccc(C2CCCN(c3ncnc4cc(OC)c(OC)cc34)C2)cc1. The van der Waals surface area contributed by atoms with Gasteiger partial charge in [0, 0.05) is 30.5 Å². The normalized spacial score (nSPS) is 16.8. The second-order valence-electron chi connectivity index (χ2n) is 6.98. The lowest BCUT2D eigenvalue weighted by Gasteiger charge is -2.34. The molecule has 0 bridgehead atoms. The lowest BCUT2D eigenvalue weighted by Crippen LogP contribution is -2.35. The molecule has 1 fully saturated rings. The van der Waals surface area contributed by atoms with Crippen molar-refractivity contribution in [2.75, 3.05) is 39.3 Å². The minimum atomic E-state index is 0.463. The van der Waals surface area contributed by atoms with Crippen molar-refractivity contribution in [3.63, 3.8) is 0 Å². The molecule has 28 heavy (non-hydrogen) atoms. The molecule has 6 nitrogen and oxygen atoms in total. The Morgan fingerprint density at radius 2 is 1.68 bits per heavy atom. The highest BCUT2D eigenvalue weighted by molar-refractivity contribution is 5.92. The summed E-state index contributed by atoms with van der Waals surface area (Å²) in [5, 5.41) is 0.982. The summed E-state index contributed by atoms with van der Waals surface area (Å²) in [6.45, 7) is 1.90. The van der Waals surface area contributed by atoms with E-state index in [2.05, 4.69) is 27.0 Å². The molecule has 146 valence electrons. The molecular formula is C22H25N3O3. The number of nitrogens with zero attached hydrogens (tertiary/aromatic N) is 3. The Labute approximate surface area is 165 Å². The minimum Gasteiger partial charge on any atom is -0.497 e. The molecule has 1 aliphatic heterocycles. The molecule has 1 aromatic heterocycles. The quantitative estimate of drug-likeness (QED) is 0.667. The standard InChI is InChI=1S/C22H25N3O3/c1-26-17-8-6-15(7-9-17)16-5-4-10-25(13-16)22-18-11-20(27-2)21(28-3)12-19(18)23-14-24-22/h6-9,11-12,14,16H,4-5,10,13H2,1-3H3. The van der Waals surface area contributed by atoms with Crippen LogP contribution >= 0.6 is 0 Å². The summed E-state index contributed by atoms with van der Waals surface area (Å²) in [6, 6.07) is 12.3. The van der Waals surface area contributed by atoms with E-state index in [-0.39, 0.29) is 0 Å². The fourth-order valence-electron chi connectivity index (χ4n) is 3.94. The third-order valence-corrected chi connectivity index (χ3v) is 5.43. The number of benzene rings is 2. The number of aromatic nitrogens is 2. The van der Waals surface area contributed by atoms with Crippen LogP contribution in [0.3, 0.4) is 0 Å². The molecular weight excluding hydrogens is 354 g/mol.